The van der Waals surface area contributed by atoms with Crippen LogP contribution >= 0.6 is 0 Å². The summed E-state index contributed by atoms with van der Waals surface area (Å²) in [5.41, 5.74) is 14.0. The molecule has 252 valence electrons. The summed E-state index contributed by atoms with van der Waals surface area (Å²) in [6, 6.07) is 55.5. The maximum absolute atomic E-state index is 6.02. The van der Waals surface area contributed by atoms with Crippen molar-refractivity contribution in [1.82, 2.24) is 4.98 Å². The van der Waals surface area contributed by atoms with E-state index in [4.69, 9.17) is 14.5 Å². The minimum absolute atomic E-state index is 0.578. The molecule has 0 atom stereocenters. The average molecular weight is 667 g/mol. The Bertz CT molecular complexity index is 2110. The molecule has 0 radical (unpaired) electrons. The van der Waals surface area contributed by atoms with Gasteiger partial charge in [-0.2, -0.15) is 0 Å². The van der Waals surface area contributed by atoms with E-state index in [1.165, 1.54) is 11.1 Å². The van der Waals surface area contributed by atoms with E-state index in [-0.39, 0.29) is 0 Å². The van der Waals surface area contributed by atoms with E-state index in [2.05, 4.69) is 140 Å². The number of rotatable bonds is 11. The molecule has 0 fully saturated rings. The molecule has 0 N–H and O–H groups in total. The Kier molecular flexibility index (Phi) is 9.94. The summed E-state index contributed by atoms with van der Waals surface area (Å²) < 4.78 is 12.0. The lowest BCUT2D eigenvalue weighted by Crippen LogP contribution is -2.09. The number of aryl methyl sites for hydroxylation is 2. The van der Waals surface area contributed by atoms with Gasteiger partial charge in [0.05, 0.1) is 24.6 Å². The summed E-state index contributed by atoms with van der Waals surface area (Å²) in [6.45, 7) is 9.41. The minimum atomic E-state index is 0.578. The molecule has 7 rings (SSSR count). The Morgan fingerprint density at radius 1 is 0.431 bits per heavy atom. The molecule has 0 bridgehead atoms. The Morgan fingerprint density at radius 3 is 1.20 bits per heavy atom. The summed E-state index contributed by atoms with van der Waals surface area (Å²) in [6.07, 6.45) is 0. The molecule has 1 heterocycles. The number of aromatic nitrogens is 1. The van der Waals surface area contributed by atoms with Crippen LogP contribution in [0.4, 0.5) is 17.1 Å². The number of hydrogen-bond donors (Lipinski definition) is 0. The molecule has 4 nitrogen and oxygen atoms in total. The minimum Gasteiger partial charge on any atom is -0.493 e. The van der Waals surface area contributed by atoms with E-state index in [0.717, 1.165) is 73.3 Å². The fourth-order valence-corrected chi connectivity index (χ4v) is 6.39. The predicted octanol–water partition coefficient (Wildman–Crippen LogP) is 12.6. The Hall–Kier alpha value is -6.13. The molecule has 0 amide bonds. The molecule has 6 aromatic carbocycles. The Labute approximate surface area is 301 Å². The number of nitrogens with zero attached hydrogens (tertiary/aromatic N) is 2. The lowest BCUT2D eigenvalue weighted by Gasteiger charge is -2.26. The van der Waals surface area contributed by atoms with Crippen LogP contribution in [0, 0.1) is 13.8 Å². The van der Waals surface area contributed by atoms with Crippen molar-refractivity contribution in [3.63, 3.8) is 0 Å². The summed E-state index contributed by atoms with van der Waals surface area (Å²) >= 11 is 0. The van der Waals surface area contributed by atoms with Crippen LogP contribution in [0.1, 0.15) is 25.0 Å². The zero-order valence-corrected chi connectivity index (χ0v) is 29.6. The second-order valence-corrected chi connectivity index (χ2v) is 12.6. The third kappa shape index (κ3) is 7.41. The molecule has 51 heavy (non-hydrogen) atoms. The molecular weight excluding hydrogens is 625 g/mol. The number of pyridine rings is 1. The van der Waals surface area contributed by atoms with Crippen LogP contribution in [0.2, 0.25) is 0 Å². The number of ether oxygens (including phenoxy) is 2. The van der Waals surface area contributed by atoms with Crippen molar-refractivity contribution in [2.24, 2.45) is 0 Å². The predicted molar refractivity (Wildman–Crippen MR) is 212 cm³/mol. The van der Waals surface area contributed by atoms with Crippen molar-refractivity contribution < 1.29 is 9.47 Å². The van der Waals surface area contributed by atoms with E-state index in [1.54, 1.807) is 0 Å². The van der Waals surface area contributed by atoms with E-state index in [1.807, 2.05) is 50.2 Å². The van der Waals surface area contributed by atoms with Gasteiger partial charge in [-0.15, -0.1) is 0 Å². The van der Waals surface area contributed by atoms with Gasteiger partial charge in [0.25, 0.3) is 0 Å². The van der Waals surface area contributed by atoms with Crippen LogP contribution in [-0.2, 0) is 0 Å². The molecule has 0 unspecified atom stereocenters. The number of anilines is 3. The van der Waals surface area contributed by atoms with Crippen molar-refractivity contribution >= 4 is 17.1 Å². The van der Waals surface area contributed by atoms with Gasteiger partial charge in [0.1, 0.15) is 11.5 Å². The lowest BCUT2D eigenvalue weighted by atomic mass is 9.97. The van der Waals surface area contributed by atoms with Crippen LogP contribution in [0.25, 0.3) is 44.8 Å². The zero-order chi connectivity index (χ0) is 35.2. The molecule has 0 aliphatic heterocycles. The van der Waals surface area contributed by atoms with Crippen molar-refractivity contribution in [2.45, 2.75) is 27.7 Å². The van der Waals surface area contributed by atoms with Crippen LogP contribution in [0.3, 0.4) is 0 Å². The third-order valence-corrected chi connectivity index (χ3v) is 9.01. The van der Waals surface area contributed by atoms with E-state index in [0.29, 0.717) is 13.2 Å². The van der Waals surface area contributed by atoms with E-state index >= 15 is 0 Å². The molecule has 7 aromatic rings. The maximum atomic E-state index is 6.02. The smallest absolute Gasteiger partial charge is 0.128 e. The monoisotopic (exact) mass is 666 g/mol. The molecule has 0 saturated heterocycles. The first kappa shape index (κ1) is 33.4. The fourth-order valence-electron chi connectivity index (χ4n) is 6.39. The van der Waals surface area contributed by atoms with Crippen molar-refractivity contribution in [1.29, 1.82) is 0 Å². The first-order chi connectivity index (χ1) is 25.0. The Morgan fingerprint density at radius 2 is 0.784 bits per heavy atom. The van der Waals surface area contributed by atoms with Crippen molar-refractivity contribution in [3.05, 3.63) is 169 Å². The van der Waals surface area contributed by atoms with Gasteiger partial charge >= 0.3 is 0 Å². The quantitative estimate of drug-likeness (QED) is 0.138. The van der Waals surface area contributed by atoms with E-state index < -0.39 is 0 Å². The van der Waals surface area contributed by atoms with Gasteiger partial charge in [-0.3, -0.25) is 0 Å². The topological polar surface area (TPSA) is 34.6 Å². The van der Waals surface area contributed by atoms with Crippen LogP contribution in [0.15, 0.2) is 158 Å². The first-order valence-corrected chi connectivity index (χ1v) is 17.6. The molecule has 4 heteroatoms. The summed E-state index contributed by atoms with van der Waals surface area (Å²) in [5.74, 6) is 1.63. The summed E-state index contributed by atoms with van der Waals surface area (Å²) in [5, 5.41) is 0. The van der Waals surface area contributed by atoms with Crippen LogP contribution in [-0.4, -0.2) is 18.2 Å². The second kappa shape index (κ2) is 15.2. The SMILES string of the molecule is CCOc1ccccc1-c1cc(-c2ccc(-c3ccc(N(c4ccc(C)cc4)c4ccc(C)cc4)cc3)cc2)cc(-c2ccccc2OCC)n1. The van der Waals surface area contributed by atoms with Crippen molar-refractivity contribution in [3.8, 4) is 56.3 Å². The van der Waals surface area contributed by atoms with Gasteiger partial charge in [-0.1, -0.05) is 96.1 Å². The van der Waals surface area contributed by atoms with Gasteiger partial charge in [0.2, 0.25) is 0 Å². The third-order valence-electron chi connectivity index (χ3n) is 9.01. The fraction of sp³-hybridized carbons (Fsp3) is 0.128. The van der Waals surface area contributed by atoms with Crippen LogP contribution in [0.5, 0.6) is 11.5 Å². The second-order valence-electron chi connectivity index (χ2n) is 12.6. The van der Waals surface area contributed by atoms with Gasteiger partial charge < -0.3 is 14.4 Å². The van der Waals surface area contributed by atoms with Gasteiger partial charge in [-0.25, -0.2) is 4.98 Å². The first-order valence-electron chi connectivity index (χ1n) is 17.6. The molecule has 1 aromatic heterocycles. The lowest BCUT2D eigenvalue weighted by molar-refractivity contribution is 0.341. The standard InChI is InChI=1S/C47H42N2O2/c1-5-50-46-13-9-7-11-42(46)44-31-38(32-45(48-44)43-12-8-10-14-47(43)51-6-2)37-21-19-35(20-22-37)36-23-29-41(30-24-36)49(39-25-15-33(3)16-26-39)40-27-17-34(4)18-28-40/h7-32H,5-6H2,1-4H3. The maximum Gasteiger partial charge on any atom is 0.128 e. The number of benzene rings is 6. The van der Waals surface area contributed by atoms with Crippen LogP contribution < -0.4 is 14.4 Å². The number of para-hydroxylation sites is 2. The van der Waals surface area contributed by atoms with Gasteiger partial charge in [0, 0.05) is 28.2 Å². The molecule has 0 aliphatic rings. The highest BCUT2D eigenvalue weighted by Crippen LogP contribution is 2.39. The molecule has 0 aliphatic carbocycles. The highest BCUT2D eigenvalue weighted by molar-refractivity contribution is 5.82. The van der Waals surface area contributed by atoms with Gasteiger partial charge in [-0.05, 0) is 123 Å². The highest BCUT2D eigenvalue weighted by Gasteiger charge is 2.16. The zero-order valence-electron chi connectivity index (χ0n) is 29.6. The van der Waals surface area contributed by atoms with Gasteiger partial charge in [0.15, 0.2) is 0 Å². The highest BCUT2D eigenvalue weighted by atomic mass is 16.5. The normalized spacial score (nSPS) is 10.9. The summed E-state index contributed by atoms with van der Waals surface area (Å²) in [4.78, 5) is 7.46. The van der Waals surface area contributed by atoms with E-state index in [9.17, 15) is 0 Å². The summed E-state index contributed by atoms with van der Waals surface area (Å²) in [7, 11) is 0. The largest absolute Gasteiger partial charge is 0.493 e. The number of hydrogen-bond acceptors (Lipinski definition) is 4. The molecular formula is C47H42N2O2. The Balaban J connectivity index is 1.24. The average Bonchev–Trinajstić information content (AvgIpc) is 3.17. The molecule has 0 spiro atoms. The molecule has 0 saturated carbocycles. The van der Waals surface area contributed by atoms with Crippen molar-refractivity contribution in [2.75, 3.05) is 18.1 Å².